The zero-order valence-corrected chi connectivity index (χ0v) is 16.9. The van der Waals surface area contributed by atoms with Crippen LogP contribution in [0.4, 0.5) is 5.69 Å². The standard InChI is InChI=1S/C20H17Cl2N3O4/c1-3-8-29-20-15(22)9-13(10-17(20)28-2)12-23-25-19(27)11-18(26)24-16-7-5-4-6-14(16)21/h1,4-7,9-10,12H,8,11H2,2H3,(H,24,26)(H,25,27). The van der Waals surface area contributed by atoms with Crippen molar-refractivity contribution in [3.63, 3.8) is 0 Å². The van der Waals surface area contributed by atoms with Crippen molar-refractivity contribution in [3.8, 4) is 23.8 Å². The van der Waals surface area contributed by atoms with Gasteiger partial charge in [0.25, 0.3) is 0 Å². The summed E-state index contributed by atoms with van der Waals surface area (Å²) in [6.45, 7) is 0.0375. The van der Waals surface area contributed by atoms with E-state index in [1.54, 1.807) is 36.4 Å². The van der Waals surface area contributed by atoms with Gasteiger partial charge in [0.15, 0.2) is 11.5 Å². The number of carbonyl (C=O) groups is 2. The Hall–Kier alpha value is -3.21. The Balaban J connectivity index is 1.94. The topological polar surface area (TPSA) is 89.0 Å². The highest BCUT2D eigenvalue weighted by Crippen LogP contribution is 2.35. The molecule has 0 heterocycles. The third kappa shape index (κ3) is 6.71. The number of hydrogen-bond donors (Lipinski definition) is 2. The van der Waals surface area contributed by atoms with E-state index in [0.717, 1.165) is 0 Å². The van der Waals surface area contributed by atoms with Gasteiger partial charge in [-0.2, -0.15) is 5.10 Å². The Morgan fingerprint density at radius 3 is 2.66 bits per heavy atom. The number of hydrazone groups is 1. The summed E-state index contributed by atoms with van der Waals surface area (Å²) >= 11 is 12.1. The van der Waals surface area contributed by atoms with Gasteiger partial charge in [-0.05, 0) is 29.8 Å². The van der Waals surface area contributed by atoms with Crippen LogP contribution in [0, 0.1) is 12.3 Å². The number of anilines is 1. The molecule has 0 radical (unpaired) electrons. The van der Waals surface area contributed by atoms with Gasteiger partial charge in [-0.25, -0.2) is 5.43 Å². The zero-order chi connectivity index (χ0) is 21.2. The monoisotopic (exact) mass is 433 g/mol. The molecule has 0 aliphatic carbocycles. The van der Waals surface area contributed by atoms with Gasteiger partial charge in [0, 0.05) is 0 Å². The molecule has 7 nitrogen and oxygen atoms in total. The van der Waals surface area contributed by atoms with Crippen molar-refractivity contribution >= 4 is 46.9 Å². The van der Waals surface area contributed by atoms with Crippen molar-refractivity contribution in [2.24, 2.45) is 5.10 Å². The van der Waals surface area contributed by atoms with Gasteiger partial charge >= 0.3 is 0 Å². The first-order valence-electron chi connectivity index (χ1n) is 8.24. The summed E-state index contributed by atoms with van der Waals surface area (Å²) in [4.78, 5) is 23.8. The first-order valence-corrected chi connectivity index (χ1v) is 9.00. The van der Waals surface area contributed by atoms with Crippen LogP contribution in [-0.2, 0) is 9.59 Å². The average Bonchev–Trinajstić information content (AvgIpc) is 2.68. The number of amides is 2. The molecule has 2 N–H and O–H groups in total. The minimum atomic E-state index is -0.599. The average molecular weight is 434 g/mol. The molecule has 2 aromatic rings. The molecule has 0 aliphatic rings. The number of benzene rings is 2. The van der Waals surface area contributed by atoms with Crippen LogP contribution in [0.5, 0.6) is 11.5 Å². The normalized spacial score (nSPS) is 10.3. The second-order valence-electron chi connectivity index (χ2n) is 5.52. The Morgan fingerprint density at radius 1 is 1.21 bits per heavy atom. The van der Waals surface area contributed by atoms with E-state index in [4.69, 9.17) is 39.1 Å². The molecule has 150 valence electrons. The molecule has 29 heavy (non-hydrogen) atoms. The fourth-order valence-corrected chi connectivity index (χ4v) is 2.65. The second-order valence-corrected chi connectivity index (χ2v) is 6.34. The fraction of sp³-hybridized carbons (Fsp3) is 0.150. The highest BCUT2D eigenvalue weighted by molar-refractivity contribution is 6.33. The van der Waals surface area contributed by atoms with Crippen LogP contribution in [0.15, 0.2) is 41.5 Å². The van der Waals surface area contributed by atoms with E-state index in [0.29, 0.717) is 27.8 Å². The van der Waals surface area contributed by atoms with Crippen LogP contribution in [0.2, 0.25) is 10.0 Å². The van der Waals surface area contributed by atoms with Gasteiger partial charge in [-0.1, -0.05) is 41.3 Å². The molecule has 9 heteroatoms. The van der Waals surface area contributed by atoms with Crippen molar-refractivity contribution in [2.75, 3.05) is 19.0 Å². The maximum absolute atomic E-state index is 11.9. The predicted molar refractivity (Wildman–Crippen MR) is 113 cm³/mol. The first-order chi connectivity index (χ1) is 13.9. The lowest BCUT2D eigenvalue weighted by atomic mass is 10.2. The molecule has 0 bridgehead atoms. The Morgan fingerprint density at radius 2 is 1.97 bits per heavy atom. The summed E-state index contributed by atoms with van der Waals surface area (Å²) in [7, 11) is 1.45. The summed E-state index contributed by atoms with van der Waals surface area (Å²) in [6.07, 6.45) is 6.10. The third-order valence-corrected chi connectivity index (χ3v) is 4.03. The number of nitrogens with one attached hydrogen (secondary N) is 2. The minimum absolute atomic E-state index is 0.0375. The molecular formula is C20H17Cl2N3O4. The van der Waals surface area contributed by atoms with E-state index in [2.05, 4.69) is 21.8 Å². The van der Waals surface area contributed by atoms with Gasteiger partial charge < -0.3 is 14.8 Å². The number of nitrogens with zero attached hydrogens (tertiary/aromatic N) is 1. The molecule has 0 aliphatic heterocycles. The van der Waals surface area contributed by atoms with Gasteiger partial charge in [0.05, 0.1) is 29.1 Å². The van der Waals surface area contributed by atoms with Crippen LogP contribution in [-0.4, -0.2) is 31.7 Å². The van der Waals surface area contributed by atoms with Crippen LogP contribution < -0.4 is 20.2 Å². The minimum Gasteiger partial charge on any atom is -0.493 e. The molecule has 0 aromatic heterocycles. The van der Waals surface area contributed by atoms with Crippen molar-refractivity contribution in [1.82, 2.24) is 5.43 Å². The lowest BCUT2D eigenvalue weighted by Crippen LogP contribution is -2.24. The van der Waals surface area contributed by atoms with Gasteiger partial charge in [0.2, 0.25) is 11.8 Å². The molecule has 2 rings (SSSR count). The molecule has 0 atom stereocenters. The van der Waals surface area contributed by atoms with E-state index in [-0.39, 0.29) is 11.6 Å². The summed E-state index contributed by atoms with van der Waals surface area (Å²) in [5.41, 5.74) is 3.23. The second kappa shape index (κ2) is 11.0. The number of halogens is 2. The van der Waals surface area contributed by atoms with Crippen molar-refractivity contribution in [1.29, 1.82) is 0 Å². The van der Waals surface area contributed by atoms with E-state index < -0.39 is 18.2 Å². The number of methoxy groups -OCH3 is 1. The molecule has 2 amide bonds. The molecule has 0 saturated heterocycles. The molecule has 0 fully saturated rings. The maximum atomic E-state index is 11.9. The Kier molecular flexibility index (Phi) is 8.34. The lowest BCUT2D eigenvalue weighted by Gasteiger charge is -2.11. The molecule has 0 saturated carbocycles. The highest BCUT2D eigenvalue weighted by atomic mass is 35.5. The van der Waals surface area contributed by atoms with Crippen molar-refractivity contribution in [3.05, 3.63) is 52.0 Å². The smallest absolute Gasteiger partial charge is 0.249 e. The summed E-state index contributed by atoms with van der Waals surface area (Å²) in [5, 5.41) is 7.00. The van der Waals surface area contributed by atoms with E-state index in [9.17, 15) is 9.59 Å². The number of terminal acetylenes is 1. The SMILES string of the molecule is C#CCOc1c(Cl)cc(C=NNC(=O)CC(=O)Nc2ccccc2Cl)cc1OC. The van der Waals surface area contributed by atoms with Crippen LogP contribution >= 0.6 is 23.2 Å². The third-order valence-electron chi connectivity index (χ3n) is 3.42. The van der Waals surface area contributed by atoms with Crippen LogP contribution in [0.1, 0.15) is 12.0 Å². The summed E-state index contributed by atoms with van der Waals surface area (Å²) in [6, 6.07) is 9.88. The largest absolute Gasteiger partial charge is 0.493 e. The Labute approximate surface area is 178 Å². The predicted octanol–water partition coefficient (Wildman–Crippen LogP) is 3.49. The fourth-order valence-electron chi connectivity index (χ4n) is 2.19. The van der Waals surface area contributed by atoms with Crippen LogP contribution in [0.3, 0.4) is 0 Å². The lowest BCUT2D eigenvalue weighted by molar-refractivity contribution is -0.126. The highest BCUT2D eigenvalue weighted by Gasteiger charge is 2.12. The Bertz CT molecular complexity index is 971. The number of rotatable bonds is 8. The van der Waals surface area contributed by atoms with Gasteiger partial charge in [-0.15, -0.1) is 6.42 Å². The molecule has 2 aromatic carbocycles. The number of hydrogen-bond acceptors (Lipinski definition) is 5. The van der Waals surface area contributed by atoms with Crippen molar-refractivity contribution in [2.45, 2.75) is 6.42 Å². The van der Waals surface area contributed by atoms with E-state index in [1.807, 2.05) is 0 Å². The molecule has 0 unspecified atom stereocenters. The van der Waals surface area contributed by atoms with E-state index in [1.165, 1.54) is 13.3 Å². The van der Waals surface area contributed by atoms with Crippen molar-refractivity contribution < 1.29 is 19.1 Å². The van der Waals surface area contributed by atoms with Gasteiger partial charge in [0.1, 0.15) is 13.0 Å². The maximum Gasteiger partial charge on any atom is 0.249 e. The molecular weight excluding hydrogens is 417 g/mol. The quantitative estimate of drug-likeness (QED) is 0.288. The number of para-hydroxylation sites is 1. The summed E-state index contributed by atoms with van der Waals surface area (Å²) in [5.74, 6) is 1.89. The van der Waals surface area contributed by atoms with Crippen LogP contribution in [0.25, 0.3) is 0 Å². The zero-order valence-electron chi connectivity index (χ0n) is 15.4. The number of carbonyl (C=O) groups excluding carboxylic acids is 2. The summed E-state index contributed by atoms with van der Waals surface area (Å²) < 4.78 is 10.6. The molecule has 0 spiro atoms. The van der Waals surface area contributed by atoms with E-state index >= 15 is 0 Å². The first kappa shape index (κ1) is 22.1. The number of ether oxygens (including phenoxy) is 2. The van der Waals surface area contributed by atoms with Gasteiger partial charge in [-0.3, -0.25) is 9.59 Å².